The third-order valence-corrected chi connectivity index (χ3v) is 5.49. The molecule has 2 heterocycles. The zero-order valence-electron chi connectivity index (χ0n) is 13.6. The van der Waals surface area contributed by atoms with Crippen LogP contribution in [0.2, 0.25) is 0 Å². The molecule has 0 aliphatic carbocycles. The van der Waals surface area contributed by atoms with Gasteiger partial charge in [-0.05, 0) is 48.9 Å². The van der Waals surface area contributed by atoms with Gasteiger partial charge < -0.3 is 10.6 Å². The smallest absolute Gasteiger partial charge is 0.227 e. The fraction of sp³-hybridized carbons (Fsp3) is 0.450. The minimum atomic E-state index is -0.104. The summed E-state index contributed by atoms with van der Waals surface area (Å²) in [5.41, 5.74) is 1.10. The summed E-state index contributed by atoms with van der Waals surface area (Å²) in [5, 5.41) is 9.33. The van der Waals surface area contributed by atoms with Gasteiger partial charge in [0.05, 0.1) is 5.92 Å². The van der Waals surface area contributed by atoms with Crippen molar-refractivity contribution in [2.75, 3.05) is 0 Å². The Morgan fingerprint density at radius 1 is 1.09 bits per heavy atom. The second kappa shape index (κ2) is 5.97. The molecule has 2 aromatic rings. The summed E-state index contributed by atoms with van der Waals surface area (Å²) in [5.74, 6) is 0.0544. The van der Waals surface area contributed by atoms with E-state index in [-0.39, 0.29) is 11.8 Å². The molecule has 1 amide bonds. The molecule has 2 aliphatic rings. The van der Waals surface area contributed by atoms with Crippen molar-refractivity contribution in [1.82, 2.24) is 10.6 Å². The molecule has 2 N–H and O–H groups in total. The molecule has 2 bridgehead atoms. The van der Waals surface area contributed by atoms with Crippen molar-refractivity contribution in [3.8, 4) is 0 Å². The summed E-state index contributed by atoms with van der Waals surface area (Å²) in [7, 11) is 0. The summed E-state index contributed by atoms with van der Waals surface area (Å²) in [6, 6.07) is 16.2. The molecular formula is C20H24N2O. The van der Waals surface area contributed by atoms with Crippen LogP contribution in [0.15, 0.2) is 42.5 Å². The molecule has 3 nitrogen and oxygen atoms in total. The average Bonchev–Trinajstić information content (AvgIpc) is 2.92. The third-order valence-electron chi connectivity index (χ3n) is 5.49. The van der Waals surface area contributed by atoms with Crippen LogP contribution in [-0.2, 0) is 4.79 Å². The van der Waals surface area contributed by atoms with E-state index in [1.807, 2.05) is 19.1 Å². The van der Waals surface area contributed by atoms with Crippen LogP contribution in [-0.4, -0.2) is 24.0 Å². The first-order chi connectivity index (χ1) is 11.2. The van der Waals surface area contributed by atoms with Crippen LogP contribution < -0.4 is 10.6 Å². The normalized spacial score (nSPS) is 27.8. The van der Waals surface area contributed by atoms with E-state index in [1.165, 1.54) is 23.6 Å². The van der Waals surface area contributed by atoms with Crippen LogP contribution in [0.5, 0.6) is 0 Å². The van der Waals surface area contributed by atoms with Gasteiger partial charge in [-0.3, -0.25) is 4.79 Å². The van der Waals surface area contributed by atoms with E-state index in [2.05, 4.69) is 41.0 Å². The largest absolute Gasteiger partial charge is 0.353 e. The molecule has 0 aromatic heterocycles. The number of rotatable bonds is 3. The number of fused-ring (bicyclic) bond motifs is 3. The lowest BCUT2D eigenvalue weighted by Gasteiger charge is -2.30. The highest BCUT2D eigenvalue weighted by Crippen LogP contribution is 2.28. The van der Waals surface area contributed by atoms with Gasteiger partial charge >= 0.3 is 0 Å². The van der Waals surface area contributed by atoms with Crippen LogP contribution >= 0.6 is 0 Å². The van der Waals surface area contributed by atoms with Crippen LogP contribution in [0.1, 0.15) is 44.1 Å². The number of piperidine rings is 1. The Labute approximate surface area is 137 Å². The molecule has 2 aliphatic heterocycles. The minimum absolute atomic E-state index is 0.104. The van der Waals surface area contributed by atoms with E-state index < -0.39 is 0 Å². The Balaban J connectivity index is 1.46. The molecule has 120 valence electrons. The Bertz CT molecular complexity index is 714. The van der Waals surface area contributed by atoms with Gasteiger partial charge in [-0.1, -0.05) is 42.5 Å². The van der Waals surface area contributed by atoms with Crippen molar-refractivity contribution < 1.29 is 4.79 Å². The van der Waals surface area contributed by atoms with E-state index in [9.17, 15) is 4.79 Å². The fourth-order valence-electron chi connectivity index (χ4n) is 4.13. The first-order valence-electron chi connectivity index (χ1n) is 8.74. The predicted octanol–water partition coefficient (Wildman–Crippen LogP) is 3.34. The van der Waals surface area contributed by atoms with Crippen molar-refractivity contribution in [3.63, 3.8) is 0 Å². The molecule has 3 atom stereocenters. The minimum Gasteiger partial charge on any atom is -0.353 e. The van der Waals surface area contributed by atoms with Crippen molar-refractivity contribution in [3.05, 3.63) is 48.0 Å². The van der Waals surface area contributed by atoms with Gasteiger partial charge in [0, 0.05) is 18.1 Å². The summed E-state index contributed by atoms with van der Waals surface area (Å²) in [6.45, 7) is 2.01. The number of carbonyl (C=O) groups is 1. The first-order valence-corrected chi connectivity index (χ1v) is 8.74. The summed E-state index contributed by atoms with van der Waals surface area (Å²) in [4.78, 5) is 12.7. The molecule has 23 heavy (non-hydrogen) atoms. The van der Waals surface area contributed by atoms with Gasteiger partial charge in [-0.2, -0.15) is 0 Å². The standard InChI is InChI=1S/C20H24N2O/c1-13(15-7-6-14-4-2-3-5-16(14)10-15)20(23)22-19-11-17-8-9-18(12-19)21-17/h2-7,10,13,17-19,21H,8-9,11-12H2,1H3,(H,22,23). The monoisotopic (exact) mass is 308 g/mol. The Kier molecular flexibility index (Phi) is 3.82. The number of amides is 1. The zero-order chi connectivity index (χ0) is 15.8. The van der Waals surface area contributed by atoms with Gasteiger partial charge in [-0.15, -0.1) is 0 Å². The quantitative estimate of drug-likeness (QED) is 0.913. The Morgan fingerprint density at radius 2 is 1.78 bits per heavy atom. The van der Waals surface area contributed by atoms with E-state index in [0.717, 1.165) is 18.4 Å². The lowest BCUT2D eigenvalue weighted by atomic mass is 9.95. The van der Waals surface area contributed by atoms with Crippen molar-refractivity contribution in [2.24, 2.45) is 0 Å². The summed E-state index contributed by atoms with van der Waals surface area (Å²) >= 11 is 0. The van der Waals surface area contributed by atoms with Gasteiger partial charge in [-0.25, -0.2) is 0 Å². The number of nitrogens with one attached hydrogen (secondary N) is 2. The van der Waals surface area contributed by atoms with Crippen LogP contribution in [0.4, 0.5) is 0 Å². The highest BCUT2D eigenvalue weighted by molar-refractivity contribution is 5.87. The second-order valence-corrected chi connectivity index (χ2v) is 7.14. The molecule has 3 unspecified atom stereocenters. The average molecular weight is 308 g/mol. The van der Waals surface area contributed by atoms with E-state index in [1.54, 1.807) is 0 Å². The molecule has 0 spiro atoms. The van der Waals surface area contributed by atoms with E-state index in [0.29, 0.717) is 18.1 Å². The number of hydrogen-bond acceptors (Lipinski definition) is 2. The predicted molar refractivity (Wildman–Crippen MR) is 93.5 cm³/mol. The van der Waals surface area contributed by atoms with E-state index in [4.69, 9.17) is 0 Å². The van der Waals surface area contributed by atoms with Gasteiger partial charge in [0.25, 0.3) is 0 Å². The van der Waals surface area contributed by atoms with Crippen molar-refractivity contribution in [1.29, 1.82) is 0 Å². The van der Waals surface area contributed by atoms with Gasteiger partial charge in [0.1, 0.15) is 0 Å². The maximum Gasteiger partial charge on any atom is 0.227 e. The molecule has 2 aromatic carbocycles. The van der Waals surface area contributed by atoms with Crippen molar-refractivity contribution in [2.45, 2.75) is 56.7 Å². The SMILES string of the molecule is CC(C(=O)NC1CC2CCC(C1)N2)c1ccc2ccccc2c1. The number of carbonyl (C=O) groups excluding carboxylic acids is 1. The molecule has 4 rings (SSSR count). The lowest BCUT2D eigenvalue weighted by Crippen LogP contribution is -2.48. The Morgan fingerprint density at radius 3 is 2.52 bits per heavy atom. The molecule has 2 fully saturated rings. The highest BCUT2D eigenvalue weighted by atomic mass is 16.1. The second-order valence-electron chi connectivity index (χ2n) is 7.14. The van der Waals surface area contributed by atoms with Crippen LogP contribution in [0.25, 0.3) is 10.8 Å². The topological polar surface area (TPSA) is 41.1 Å². The molecule has 3 heteroatoms. The molecule has 0 radical (unpaired) electrons. The number of benzene rings is 2. The summed E-state index contributed by atoms with van der Waals surface area (Å²) < 4.78 is 0. The summed E-state index contributed by atoms with van der Waals surface area (Å²) in [6.07, 6.45) is 4.67. The first kappa shape index (κ1) is 14.7. The Hall–Kier alpha value is -1.87. The van der Waals surface area contributed by atoms with Crippen LogP contribution in [0, 0.1) is 0 Å². The lowest BCUT2D eigenvalue weighted by molar-refractivity contribution is -0.123. The van der Waals surface area contributed by atoms with E-state index >= 15 is 0 Å². The maximum atomic E-state index is 12.7. The third kappa shape index (κ3) is 2.98. The van der Waals surface area contributed by atoms with Crippen molar-refractivity contribution >= 4 is 16.7 Å². The number of hydrogen-bond donors (Lipinski definition) is 2. The fourth-order valence-corrected chi connectivity index (χ4v) is 4.13. The van der Waals surface area contributed by atoms with Crippen LogP contribution in [0.3, 0.4) is 0 Å². The van der Waals surface area contributed by atoms with Gasteiger partial charge in [0.15, 0.2) is 0 Å². The molecule has 0 saturated carbocycles. The molecular weight excluding hydrogens is 284 g/mol. The van der Waals surface area contributed by atoms with Gasteiger partial charge in [0.2, 0.25) is 5.91 Å². The highest BCUT2D eigenvalue weighted by Gasteiger charge is 2.34. The molecule has 2 saturated heterocycles. The zero-order valence-corrected chi connectivity index (χ0v) is 13.6. The maximum absolute atomic E-state index is 12.7.